The zero-order chi connectivity index (χ0) is 11.7. The second-order valence-corrected chi connectivity index (χ2v) is 3.46. The normalized spacial score (nSPS) is 12.7. The Morgan fingerprint density at radius 3 is 2.81 bits per heavy atom. The van der Waals surface area contributed by atoms with Gasteiger partial charge >= 0.3 is 5.69 Å². The van der Waals surface area contributed by atoms with Crippen LogP contribution in [-0.2, 0) is 0 Å². The van der Waals surface area contributed by atoms with Crippen molar-refractivity contribution < 1.29 is 4.39 Å². The van der Waals surface area contributed by atoms with Crippen molar-refractivity contribution in [1.82, 2.24) is 14.8 Å². The Bertz CT molecular complexity index is 558. The van der Waals surface area contributed by atoms with Crippen LogP contribution in [0.25, 0.3) is 5.69 Å². The largest absolute Gasteiger partial charge is 0.348 e. The van der Waals surface area contributed by atoms with Crippen molar-refractivity contribution >= 4 is 0 Å². The minimum atomic E-state index is -0.502. The summed E-state index contributed by atoms with van der Waals surface area (Å²) >= 11 is 0. The van der Waals surface area contributed by atoms with Crippen LogP contribution in [0.3, 0.4) is 0 Å². The van der Waals surface area contributed by atoms with E-state index in [1.165, 1.54) is 12.1 Å². The van der Waals surface area contributed by atoms with Gasteiger partial charge in [-0.1, -0.05) is 12.1 Å². The summed E-state index contributed by atoms with van der Waals surface area (Å²) in [7, 11) is 0. The predicted octanol–water partition coefficient (Wildman–Crippen LogP) is 0.719. The SMILES string of the molecule is CC(N)c1n[nH]c(=O)n1-c1ccccc1F. The maximum atomic E-state index is 13.5. The molecule has 1 heterocycles. The van der Waals surface area contributed by atoms with Gasteiger partial charge in [-0.05, 0) is 19.1 Å². The van der Waals surface area contributed by atoms with E-state index in [-0.39, 0.29) is 5.69 Å². The molecule has 0 bridgehead atoms. The van der Waals surface area contributed by atoms with Gasteiger partial charge in [0, 0.05) is 0 Å². The molecule has 3 N–H and O–H groups in total. The number of nitrogens with zero attached hydrogens (tertiary/aromatic N) is 2. The highest BCUT2D eigenvalue weighted by Crippen LogP contribution is 2.14. The minimum absolute atomic E-state index is 0.147. The topological polar surface area (TPSA) is 76.7 Å². The van der Waals surface area contributed by atoms with Crippen LogP contribution in [0.4, 0.5) is 4.39 Å². The molecule has 1 aromatic carbocycles. The van der Waals surface area contributed by atoms with Gasteiger partial charge in [0.15, 0.2) is 5.82 Å². The van der Waals surface area contributed by atoms with Crippen molar-refractivity contribution in [2.24, 2.45) is 5.73 Å². The van der Waals surface area contributed by atoms with Gasteiger partial charge in [0.25, 0.3) is 0 Å². The summed E-state index contributed by atoms with van der Waals surface area (Å²) in [6.07, 6.45) is 0. The fourth-order valence-electron chi connectivity index (χ4n) is 1.48. The minimum Gasteiger partial charge on any atom is -0.322 e. The van der Waals surface area contributed by atoms with E-state index >= 15 is 0 Å². The van der Waals surface area contributed by atoms with Crippen LogP contribution < -0.4 is 11.4 Å². The Morgan fingerprint density at radius 1 is 1.50 bits per heavy atom. The van der Waals surface area contributed by atoms with E-state index in [2.05, 4.69) is 10.2 Å². The van der Waals surface area contributed by atoms with E-state index in [0.29, 0.717) is 5.82 Å². The molecule has 6 heteroatoms. The number of halogens is 1. The van der Waals surface area contributed by atoms with Crippen molar-refractivity contribution in [3.05, 3.63) is 46.4 Å². The van der Waals surface area contributed by atoms with Gasteiger partial charge in [-0.25, -0.2) is 18.9 Å². The molecule has 2 aromatic rings. The molecule has 0 radical (unpaired) electrons. The summed E-state index contributed by atoms with van der Waals surface area (Å²) < 4.78 is 14.7. The summed E-state index contributed by atoms with van der Waals surface area (Å²) in [5.74, 6) is -0.192. The van der Waals surface area contributed by atoms with Gasteiger partial charge in [-0.2, -0.15) is 5.10 Å². The van der Waals surface area contributed by atoms with Crippen LogP contribution in [0.1, 0.15) is 18.8 Å². The molecule has 0 fully saturated rings. The first-order valence-electron chi connectivity index (χ1n) is 4.79. The first-order valence-corrected chi connectivity index (χ1v) is 4.79. The van der Waals surface area contributed by atoms with Crippen molar-refractivity contribution in [2.75, 3.05) is 0 Å². The van der Waals surface area contributed by atoms with Crippen LogP contribution in [0.2, 0.25) is 0 Å². The predicted molar refractivity (Wildman–Crippen MR) is 56.7 cm³/mol. The molecule has 16 heavy (non-hydrogen) atoms. The first-order chi connectivity index (χ1) is 7.61. The number of aromatic amines is 1. The summed E-state index contributed by atoms with van der Waals surface area (Å²) in [6.45, 7) is 1.67. The van der Waals surface area contributed by atoms with Crippen LogP contribution in [0.5, 0.6) is 0 Å². The maximum absolute atomic E-state index is 13.5. The molecule has 1 aromatic heterocycles. The summed E-state index contributed by atoms with van der Waals surface area (Å²) in [4.78, 5) is 11.5. The Morgan fingerprint density at radius 2 is 2.19 bits per heavy atom. The quantitative estimate of drug-likeness (QED) is 0.786. The van der Waals surface area contributed by atoms with Gasteiger partial charge in [0.05, 0.1) is 11.7 Å². The summed E-state index contributed by atoms with van der Waals surface area (Å²) in [5.41, 5.74) is 5.30. The van der Waals surface area contributed by atoms with Crippen LogP contribution >= 0.6 is 0 Å². The molecule has 5 nitrogen and oxygen atoms in total. The molecular formula is C10H11FN4O. The Labute approximate surface area is 90.7 Å². The average Bonchev–Trinajstić information content (AvgIpc) is 2.61. The molecule has 0 amide bonds. The molecule has 84 valence electrons. The zero-order valence-corrected chi connectivity index (χ0v) is 8.64. The molecule has 0 aliphatic rings. The fraction of sp³-hybridized carbons (Fsp3) is 0.200. The number of aromatic nitrogens is 3. The van der Waals surface area contributed by atoms with Gasteiger partial charge in [-0.15, -0.1) is 0 Å². The average molecular weight is 222 g/mol. The molecule has 0 saturated heterocycles. The number of para-hydroxylation sites is 1. The molecule has 1 atom stereocenters. The van der Waals surface area contributed by atoms with Crippen molar-refractivity contribution in [2.45, 2.75) is 13.0 Å². The number of rotatable bonds is 2. The van der Waals surface area contributed by atoms with E-state index in [0.717, 1.165) is 4.57 Å². The van der Waals surface area contributed by atoms with Crippen molar-refractivity contribution in [3.8, 4) is 5.69 Å². The lowest BCUT2D eigenvalue weighted by Gasteiger charge is -2.08. The van der Waals surface area contributed by atoms with E-state index in [1.807, 2.05) is 0 Å². The third-order valence-electron chi connectivity index (χ3n) is 2.20. The van der Waals surface area contributed by atoms with Gasteiger partial charge in [-0.3, -0.25) is 0 Å². The fourth-order valence-corrected chi connectivity index (χ4v) is 1.48. The van der Waals surface area contributed by atoms with Crippen LogP contribution in [0, 0.1) is 5.82 Å². The monoisotopic (exact) mass is 222 g/mol. The van der Waals surface area contributed by atoms with E-state index < -0.39 is 17.5 Å². The number of benzene rings is 1. The maximum Gasteiger partial charge on any atom is 0.348 e. The van der Waals surface area contributed by atoms with Crippen LogP contribution in [0.15, 0.2) is 29.1 Å². The number of nitrogens with two attached hydrogens (primary N) is 1. The van der Waals surface area contributed by atoms with E-state index in [1.54, 1.807) is 19.1 Å². The highest BCUT2D eigenvalue weighted by molar-refractivity contribution is 5.34. The molecule has 0 saturated carbocycles. The molecule has 0 aliphatic carbocycles. The van der Waals surface area contributed by atoms with Crippen LogP contribution in [-0.4, -0.2) is 14.8 Å². The third-order valence-corrected chi connectivity index (χ3v) is 2.20. The lowest BCUT2D eigenvalue weighted by molar-refractivity contribution is 0.608. The Hall–Kier alpha value is -1.95. The Balaban J connectivity index is 2.69. The van der Waals surface area contributed by atoms with E-state index in [9.17, 15) is 9.18 Å². The number of nitrogens with one attached hydrogen (secondary N) is 1. The van der Waals surface area contributed by atoms with Crippen molar-refractivity contribution in [3.63, 3.8) is 0 Å². The molecule has 1 unspecified atom stereocenters. The van der Waals surface area contributed by atoms with Gasteiger partial charge in [0.2, 0.25) is 0 Å². The summed E-state index contributed by atoms with van der Waals surface area (Å²) in [6, 6.07) is 5.51. The molecular weight excluding hydrogens is 211 g/mol. The summed E-state index contributed by atoms with van der Waals surface area (Å²) in [5, 5.41) is 6.02. The Kier molecular flexibility index (Phi) is 2.57. The zero-order valence-electron chi connectivity index (χ0n) is 8.64. The van der Waals surface area contributed by atoms with Gasteiger partial charge in [0.1, 0.15) is 5.82 Å². The molecule has 0 aliphatic heterocycles. The number of hydrogen-bond acceptors (Lipinski definition) is 3. The third kappa shape index (κ3) is 1.63. The molecule has 2 rings (SSSR count). The first kappa shape index (κ1) is 10.6. The lowest BCUT2D eigenvalue weighted by atomic mass is 10.2. The van der Waals surface area contributed by atoms with E-state index in [4.69, 9.17) is 5.73 Å². The smallest absolute Gasteiger partial charge is 0.322 e. The van der Waals surface area contributed by atoms with Crippen molar-refractivity contribution in [1.29, 1.82) is 0 Å². The number of H-pyrrole nitrogens is 1. The van der Waals surface area contributed by atoms with Gasteiger partial charge < -0.3 is 5.73 Å². The lowest BCUT2D eigenvalue weighted by Crippen LogP contribution is -2.21. The number of hydrogen-bond donors (Lipinski definition) is 2. The molecule has 0 spiro atoms. The second kappa shape index (κ2) is 3.90. The standard InChI is InChI=1S/C10H11FN4O/c1-6(12)9-13-14-10(16)15(9)8-5-3-2-4-7(8)11/h2-6H,12H2,1H3,(H,14,16). The second-order valence-electron chi connectivity index (χ2n) is 3.46. The highest BCUT2D eigenvalue weighted by Gasteiger charge is 2.15. The highest BCUT2D eigenvalue weighted by atomic mass is 19.1.